The first-order valence-electron chi connectivity index (χ1n) is 12.5. The van der Waals surface area contributed by atoms with E-state index in [0.717, 1.165) is 33.4 Å². The summed E-state index contributed by atoms with van der Waals surface area (Å²) in [5.74, 6) is 0.620. The molecule has 0 spiro atoms. The predicted octanol–water partition coefficient (Wildman–Crippen LogP) is 6.67. The van der Waals surface area contributed by atoms with E-state index < -0.39 is 0 Å². The molecule has 1 N–H and O–H groups in total. The van der Waals surface area contributed by atoms with Gasteiger partial charge in [0.05, 0.1) is 16.9 Å². The number of nitrogens with one attached hydrogen (secondary N) is 1. The summed E-state index contributed by atoms with van der Waals surface area (Å²) in [5.41, 5.74) is 4.94. The average Bonchev–Trinajstić information content (AvgIpc) is 2.97. The van der Waals surface area contributed by atoms with Crippen LogP contribution in [0.4, 0.5) is 5.82 Å². The third-order valence-electron chi connectivity index (χ3n) is 6.57. The van der Waals surface area contributed by atoms with Crippen LogP contribution in [-0.2, 0) is 0 Å². The molecule has 6 aromatic rings. The van der Waals surface area contributed by atoms with E-state index in [-0.39, 0.29) is 11.6 Å². The van der Waals surface area contributed by atoms with Gasteiger partial charge in [0.2, 0.25) is 0 Å². The lowest BCUT2D eigenvalue weighted by Gasteiger charge is -2.22. The second-order valence-electron chi connectivity index (χ2n) is 9.06. The van der Waals surface area contributed by atoms with Gasteiger partial charge in [-0.05, 0) is 53.8 Å². The lowest BCUT2D eigenvalue weighted by Crippen LogP contribution is -2.26. The molecular weight excluding hydrogens is 470 g/mol. The molecule has 0 unspecified atom stereocenters. The van der Waals surface area contributed by atoms with E-state index in [9.17, 15) is 4.79 Å². The third-order valence-corrected chi connectivity index (χ3v) is 6.57. The molecule has 0 aliphatic rings. The van der Waals surface area contributed by atoms with Crippen molar-refractivity contribution >= 4 is 39.8 Å². The average molecular weight is 496 g/mol. The van der Waals surface area contributed by atoms with Crippen molar-refractivity contribution in [2.45, 2.75) is 13.0 Å². The number of para-hydroxylation sites is 1. The van der Waals surface area contributed by atoms with Gasteiger partial charge in [-0.15, -0.1) is 0 Å². The fourth-order valence-corrected chi connectivity index (χ4v) is 4.74. The minimum Gasteiger partial charge on any atom is -0.360 e. The molecule has 3 aromatic carbocycles. The van der Waals surface area contributed by atoms with E-state index in [1.54, 1.807) is 10.8 Å². The topological polar surface area (TPSA) is 72.7 Å². The van der Waals surface area contributed by atoms with Gasteiger partial charge in [0.25, 0.3) is 5.56 Å². The molecule has 1 atom stereocenters. The van der Waals surface area contributed by atoms with Gasteiger partial charge in [-0.3, -0.25) is 14.3 Å². The molecular formula is C32H25N5O. The maximum Gasteiger partial charge on any atom is 0.263 e. The number of hydrogen-bond acceptors (Lipinski definition) is 5. The molecule has 0 amide bonds. The molecule has 184 valence electrons. The number of hydrogen-bond donors (Lipinski definition) is 1. The van der Waals surface area contributed by atoms with Crippen molar-refractivity contribution in [3.63, 3.8) is 0 Å². The Labute approximate surface area is 220 Å². The Morgan fingerprint density at radius 2 is 1.61 bits per heavy atom. The summed E-state index contributed by atoms with van der Waals surface area (Å²) in [5, 5.41) is 5.03. The summed E-state index contributed by atoms with van der Waals surface area (Å²) >= 11 is 0. The van der Waals surface area contributed by atoms with Crippen molar-refractivity contribution < 1.29 is 0 Å². The number of benzene rings is 3. The van der Waals surface area contributed by atoms with Crippen molar-refractivity contribution in [2.24, 2.45) is 0 Å². The molecule has 3 aromatic heterocycles. The highest BCUT2D eigenvalue weighted by atomic mass is 16.1. The van der Waals surface area contributed by atoms with E-state index in [1.807, 2.05) is 110 Å². The Morgan fingerprint density at radius 1 is 0.816 bits per heavy atom. The van der Waals surface area contributed by atoms with E-state index in [4.69, 9.17) is 0 Å². The smallest absolute Gasteiger partial charge is 0.263 e. The third kappa shape index (κ3) is 4.44. The Kier molecular flexibility index (Phi) is 6.20. The van der Waals surface area contributed by atoms with Gasteiger partial charge in [0, 0.05) is 17.6 Å². The van der Waals surface area contributed by atoms with Crippen LogP contribution in [0.5, 0.6) is 0 Å². The van der Waals surface area contributed by atoms with Gasteiger partial charge in [0.1, 0.15) is 11.8 Å². The van der Waals surface area contributed by atoms with Crippen molar-refractivity contribution in [2.75, 3.05) is 5.32 Å². The van der Waals surface area contributed by atoms with Crippen molar-refractivity contribution in [3.05, 3.63) is 137 Å². The van der Waals surface area contributed by atoms with Gasteiger partial charge in [-0.2, -0.15) is 0 Å². The zero-order valence-corrected chi connectivity index (χ0v) is 20.8. The number of nitrogens with zero attached hydrogens (tertiary/aromatic N) is 4. The number of fused-ring (bicyclic) bond motifs is 2. The Morgan fingerprint density at radius 3 is 2.42 bits per heavy atom. The van der Waals surface area contributed by atoms with Gasteiger partial charge >= 0.3 is 0 Å². The highest BCUT2D eigenvalue weighted by Crippen LogP contribution is 2.27. The van der Waals surface area contributed by atoms with Crippen molar-refractivity contribution in [1.82, 2.24) is 19.5 Å². The van der Waals surface area contributed by atoms with Gasteiger partial charge < -0.3 is 5.32 Å². The molecule has 6 heteroatoms. The highest BCUT2D eigenvalue weighted by Gasteiger charge is 2.19. The molecule has 6 rings (SSSR count). The van der Waals surface area contributed by atoms with E-state index in [1.165, 1.54) is 6.33 Å². The summed E-state index contributed by atoms with van der Waals surface area (Å²) in [4.78, 5) is 27.4. The normalized spacial score (nSPS) is 12.2. The first-order valence-corrected chi connectivity index (χ1v) is 12.5. The fourth-order valence-electron chi connectivity index (χ4n) is 4.74. The van der Waals surface area contributed by atoms with Crippen LogP contribution < -0.4 is 10.9 Å². The molecule has 0 radical (unpaired) electrons. The number of pyridine rings is 2. The second-order valence-corrected chi connectivity index (χ2v) is 9.06. The fraction of sp³-hybridized carbons (Fsp3) is 0.0625. The van der Waals surface area contributed by atoms with Gasteiger partial charge in [-0.25, -0.2) is 9.97 Å². The number of anilines is 1. The van der Waals surface area contributed by atoms with Crippen LogP contribution in [0, 0.1) is 0 Å². The zero-order valence-electron chi connectivity index (χ0n) is 20.8. The van der Waals surface area contributed by atoms with Crippen molar-refractivity contribution in [1.29, 1.82) is 0 Å². The zero-order chi connectivity index (χ0) is 25.9. The van der Waals surface area contributed by atoms with Crippen LogP contribution in [0.1, 0.15) is 29.8 Å². The summed E-state index contributed by atoms with van der Waals surface area (Å²) in [7, 11) is 0. The van der Waals surface area contributed by atoms with Crippen LogP contribution in [-0.4, -0.2) is 19.5 Å². The maximum atomic E-state index is 14.2. The van der Waals surface area contributed by atoms with Crippen LogP contribution in [0.3, 0.4) is 0 Å². The minimum atomic E-state index is -0.254. The Hall–Kier alpha value is -5.10. The van der Waals surface area contributed by atoms with E-state index >= 15 is 0 Å². The quantitative estimate of drug-likeness (QED) is 0.261. The van der Waals surface area contributed by atoms with Crippen LogP contribution in [0.25, 0.3) is 39.6 Å². The molecule has 0 saturated heterocycles. The Balaban J connectivity index is 1.51. The van der Waals surface area contributed by atoms with Gasteiger partial charge in [-0.1, -0.05) is 78.9 Å². The van der Waals surface area contributed by atoms with Crippen LogP contribution >= 0.6 is 0 Å². The lowest BCUT2D eigenvalue weighted by atomic mass is 10.0. The maximum absolute atomic E-state index is 14.2. The standard InChI is InChI=1S/C32H25N5O/c1-22(36-31-30-27(34-21-35-31)16-9-19-33-30)28-20-25-13-8-12-24(18-17-23-10-4-2-5-11-23)29(25)32(38)37(28)26-14-6-3-7-15-26/h2-22H,1H3,(H,34,35,36)/b18-17+/t22-/m0/s1. The molecule has 0 aliphatic carbocycles. The van der Waals surface area contributed by atoms with Crippen LogP contribution in [0.2, 0.25) is 0 Å². The molecule has 0 bridgehead atoms. The molecule has 6 nitrogen and oxygen atoms in total. The monoisotopic (exact) mass is 495 g/mol. The van der Waals surface area contributed by atoms with Crippen LogP contribution in [0.15, 0.2) is 114 Å². The summed E-state index contributed by atoms with van der Waals surface area (Å²) < 4.78 is 1.79. The largest absolute Gasteiger partial charge is 0.360 e. The van der Waals surface area contributed by atoms with Crippen molar-refractivity contribution in [3.8, 4) is 5.69 Å². The molecule has 3 heterocycles. The molecule has 0 fully saturated rings. The molecule has 0 saturated carbocycles. The number of aromatic nitrogens is 4. The second kappa shape index (κ2) is 10.1. The molecule has 38 heavy (non-hydrogen) atoms. The minimum absolute atomic E-state index is 0.0728. The highest BCUT2D eigenvalue weighted by molar-refractivity contribution is 5.93. The summed E-state index contributed by atoms with van der Waals surface area (Å²) in [6.45, 7) is 2.02. The lowest BCUT2D eigenvalue weighted by molar-refractivity contribution is 0.774. The van der Waals surface area contributed by atoms with E-state index in [2.05, 4.69) is 26.3 Å². The first kappa shape index (κ1) is 23.3. The predicted molar refractivity (Wildman–Crippen MR) is 154 cm³/mol. The SMILES string of the molecule is C[C@H](Nc1ncnc2cccnc12)c1cc2cccc(/C=C/c3ccccc3)c2c(=O)n1-c1ccccc1. The van der Waals surface area contributed by atoms with Gasteiger partial charge in [0.15, 0.2) is 5.82 Å². The first-order chi connectivity index (χ1) is 18.7. The summed E-state index contributed by atoms with van der Waals surface area (Å²) in [6.07, 6.45) is 7.29. The van der Waals surface area contributed by atoms with E-state index in [0.29, 0.717) is 16.7 Å². The number of rotatable bonds is 6. The molecule has 0 aliphatic heterocycles. The summed E-state index contributed by atoms with van der Waals surface area (Å²) in [6, 6.07) is 31.4. The Bertz CT molecular complexity index is 1820.